The SMILES string of the molecule is CC1(C)CO1.Cc1ccc(CNC(=O)C2CN(c3ncnn4cc(-c5ccc(O)cc5)cc34)C2)cc1.Cc1ccc(CNC(=O)C2CN(c3ncnn4cc(-c5ccc(OCC(C)(C)O)cc5)cc34)C2)cc1. The molecule has 4 N–H and O–H groups in total. The molecule has 7 heterocycles. The van der Waals surface area contributed by atoms with E-state index in [4.69, 9.17) is 9.47 Å². The minimum atomic E-state index is -0.884. The van der Waals surface area contributed by atoms with E-state index in [-0.39, 0.29) is 41.6 Å². The predicted octanol–water partition coefficient (Wildman–Crippen LogP) is 7.57. The highest BCUT2D eigenvalue weighted by Crippen LogP contribution is 2.33. The molecule has 0 aliphatic carbocycles. The third-order valence-electron chi connectivity index (χ3n) is 12.8. The second-order valence-electron chi connectivity index (χ2n) is 20.1. The molecule has 16 nitrogen and oxygen atoms in total. The lowest BCUT2D eigenvalue weighted by atomic mass is 9.99. The highest BCUT2D eigenvalue weighted by Gasteiger charge is 2.36. The summed E-state index contributed by atoms with van der Waals surface area (Å²) in [6.45, 7) is 16.5. The number of anilines is 2. The van der Waals surface area contributed by atoms with Crippen LogP contribution < -0.4 is 25.2 Å². The largest absolute Gasteiger partial charge is 0.508 e. The summed E-state index contributed by atoms with van der Waals surface area (Å²) in [5, 5.41) is 34.1. The van der Waals surface area contributed by atoms with E-state index in [9.17, 15) is 19.8 Å². The van der Waals surface area contributed by atoms with Crippen LogP contribution in [0.15, 0.2) is 134 Å². The summed E-state index contributed by atoms with van der Waals surface area (Å²) in [5.41, 5.74) is 9.79. The zero-order valence-corrected chi connectivity index (χ0v) is 41.6. The molecule has 3 aliphatic rings. The second-order valence-corrected chi connectivity index (χ2v) is 20.1. The number of hydrogen-bond acceptors (Lipinski definition) is 12. The minimum absolute atomic E-state index is 0.0491. The first-order valence-corrected chi connectivity index (χ1v) is 24.2. The summed E-state index contributed by atoms with van der Waals surface area (Å²) in [7, 11) is 0. The van der Waals surface area contributed by atoms with E-state index in [0.29, 0.717) is 45.0 Å². The van der Waals surface area contributed by atoms with Crippen LogP contribution in [0.2, 0.25) is 0 Å². The van der Waals surface area contributed by atoms with Crippen LogP contribution in [0.5, 0.6) is 11.5 Å². The van der Waals surface area contributed by atoms with E-state index in [1.54, 1.807) is 36.8 Å². The van der Waals surface area contributed by atoms with E-state index in [0.717, 1.165) is 62.7 Å². The Kier molecular flexibility index (Phi) is 14.3. The van der Waals surface area contributed by atoms with Crippen molar-refractivity contribution in [1.82, 2.24) is 39.8 Å². The number of phenolic OH excluding ortho intramolecular Hbond substituents is 1. The summed E-state index contributed by atoms with van der Waals surface area (Å²) < 4.78 is 14.2. The Hall–Kier alpha value is -7.82. The average molecular weight is 971 g/mol. The summed E-state index contributed by atoms with van der Waals surface area (Å²) in [5.74, 6) is 2.62. The minimum Gasteiger partial charge on any atom is -0.508 e. The van der Waals surface area contributed by atoms with Gasteiger partial charge in [-0.05, 0) is 100 Å². The number of ether oxygens (including phenoxy) is 2. The lowest BCUT2D eigenvalue weighted by Crippen LogP contribution is -2.54. The normalized spacial score (nSPS) is 15.1. The van der Waals surface area contributed by atoms with Gasteiger partial charge in [0.05, 0.1) is 29.6 Å². The van der Waals surface area contributed by atoms with Gasteiger partial charge in [-0.3, -0.25) is 9.59 Å². The van der Waals surface area contributed by atoms with Crippen molar-refractivity contribution in [3.8, 4) is 33.8 Å². The number of phenols is 1. The average Bonchev–Trinajstić information content (AvgIpc) is 3.65. The number of fused-ring (bicyclic) bond motifs is 2. The van der Waals surface area contributed by atoms with E-state index in [2.05, 4.69) is 91.7 Å². The fourth-order valence-corrected chi connectivity index (χ4v) is 8.15. The molecule has 8 aromatic rings. The summed E-state index contributed by atoms with van der Waals surface area (Å²) in [4.78, 5) is 38.4. The number of epoxide rings is 1. The fourth-order valence-electron chi connectivity index (χ4n) is 8.15. The van der Waals surface area contributed by atoms with Crippen LogP contribution >= 0.6 is 0 Å². The number of benzene rings is 4. The van der Waals surface area contributed by atoms with Crippen molar-refractivity contribution in [2.24, 2.45) is 11.8 Å². The maximum absolute atomic E-state index is 12.6. The van der Waals surface area contributed by atoms with Gasteiger partial charge in [-0.1, -0.05) is 83.9 Å². The lowest BCUT2D eigenvalue weighted by molar-refractivity contribution is -0.126. The molecule has 0 unspecified atom stereocenters. The molecule has 3 aliphatic heterocycles. The van der Waals surface area contributed by atoms with Gasteiger partial charge in [0.1, 0.15) is 41.8 Å². The predicted molar refractivity (Wildman–Crippen MR) is 278 cm³/mol. The quantitative estimate of drug-likeness (QED) is 0.0832. The van der Waals surface area contributed by atoms with Crippen LogP contribution in [0, 0.1) is 25.7 Å². The van der Waals surface area contributed by atoms with E-state index < -0.39 is 5.60 Å². The van der Waals surface area contributed by atoms with Crippen molar-refractivity contribution in [3.63, 3.8) is 0 Å². The Balaban J connectivity index is 0.000000163. The van der Waals surface area contributed by atoms with Crippen LogP contribution in [-0.2, 0) is 27.4 Å². The first-order valence-electron chi connectivity index (χ1n) is 24.2. The highest BCUT2D eigenvalue weighted by atomic mass is 16.6. The molecule has 16 heteroatoms. The topological polar surface area (TPSA) is 187 Å². The molecule has 11 rings (SSSR count). The lowest BCUT2D eigenvalue weighted by Gasteiger charge is -2.39. The molecule has 0 radical (unpaired) electrons. The molecule has 3 saturated heterocycles. The number of amides is 2. The van der Waals surface area contributed by atoms with Gasteiger partial charge < -0.3 is 40.1 Å². The van der Waals surface area contributed by atoms with E-state index >= 15 is 0 Å². The molecule has 4 aromatic heterocycles. The first kappa shape index (κ1) is 49.2. The number of carbonyl (C=O) groups is 2. The van der Waals surface area contributed by atoms with Crippen LogP contribution in [0.4, 0.5) is 11.6 Å². The summed E-state index contributed by atoms with van der Waals surface area (Å²) in [6, 6.07) is 35.3. The number of aromatic hydroxyl groups is 1. The van der Waals surface area contributed by atoms with Crippen molar-refractivity contribution < 1.29 is 29.3 Å². The van der Waals surface area contributed by atoms with Crippen molar-refractivity contribution >= 4 is 34.5 Å². The van der Waals surface area contributed by atoms with Crippen molar-refractivity contribution in [1.29, 1.82) is 0 Å². The standard InChI is InChI=1S/C28H31N5O3.C24H23N5O2.C4H8O/c1-19-4-6-20(7-5-19)13-29-27(34)23-14-32(15-23)26-25-12-22(16-33(25)31-18-30-26)21-8-10-24(11-9-21)36-17-28(2,3)35;1-16-2-4-17(5-3-16)11-25-24(31)20-12-28(13-20)23-22-10-19(14-29(22)27-15-26-23)18-6-8-21(30)9-7-18;1-4(2)3-5-4/h4-12,16,18,23,35H,13-15,17H2,1-3H3,(H,29,34);2-10,14-15,20,30H,11-13H2,1H3,(H,25,31);3H2,1-2H3. The number of nitrogens with one attached hydrogen (secondary N) is 2. The Morgan fingerprint density at radius 1 is 0.667 bits per heavy atom. The van der Waals surface area contributed by atoms with Gasteiger partial charge in [-0.25, -0.2) is 19.0 Å². The Bertz CT molecular complexity index is 3130. The molecule has 0 bridgehead atoms. The number of nitrogens with zero attached hydrogens (tertiary/aromatic N) is 8. The molecule has 0 saturated carbocycles. The van der Waals surface area contributed by atoms with Crippen LogP contribution in [-0.4, -0.2) is 102 Å². The number of rotatable bonds is 13. The van der Waals surface area contributed by atoms with E-state index in [1.807, 2.05) is 90.6 Å². The molecular weight excluding hydrogens is 909 g/mol. The van der Waals surface area contributed by atoms with Gasteiger partial charge in [0.15, 0.2) is 11.6 Å². The van der Waals surface area contributed by atoms with Gasteiger partial charge in [0.25, 0.3) is 0 Å². The second kappa shape index (κ2) is 20.9. The molecule has 0 spiro atoms. The molecule has 4 aromatic carbocycles. The third-order valence-corrected chi connectivity index (χ3v) is 12.8. The van der Waals surface area contributed by atoms with Crippen LogP contribution in [0.25, 0.3) is 33.3 Å². The zero-order chi connectivity index (χ0) is 50.6. The van der Waals surface area contributed by atoms with E-state index in [1.165, 1.54) is 17.5 Å². The van der Waals surface area contributed by atoms with Gasteiger partial charge in [0.2, 0.25) is 11.8 Å². The monoisotopic (exact) mass is 970 g/mol. The molecular formula is C56H62N10O6. The van der Waals surface area contributed by atoms with Crippen LogP contribution in [0.1, 0.15) is 49.9 Å². The van der Waals surface area contributed by atoms with Gasteiger partial charge in [-0.2, -0.15) is 10.2 Å². The number of carbonyl (C=O) groups excluding carboxylic acids is 2. The van der Waals surface area contributed by atoms with Crippen molar-refractivity contribution in [3.05, 3.63) is 156 Å². The molecule has 2 amide bonds. The Morgan fingerprint density at radius 3 is 1.46 bits per heavy atom. The Labute approximate surface area is 419 Å². The number of aryl methyl sites for hydroxylation is 2. The maximum Gasteiger partial charge on any atom is 0.226 e. The van der Waals surface area contributed by atoms with Gasteiger partial charge >= 0.3 is 0 Å². The Morgan fingerprint density at radius 2 is 1.07 bits per heavy atom. The molecule has 0 atom stereocenters. The number of aliphatic hydroxyl groups is 1. The van der Waals surface area contributed by atoms with Gasteiger partial charge in [-0.15, -0.1) is 0 Å². The van der Waals surface area contributed by atoms with Crippen LogP contribution in [0.3, 0.4) is 0 Å². The highest BCUT2D eigenvalue weighted by molar-refractivity contribution is 5.85. The summed E-state index contributed by atoms with van der Waals surface area (Å²) >= 11 is 0. The third kappa shape index (κ3) is 12.4. The van der Waals surface area contributed by atoms with Crippen molar-refractivity contribution in [2.45, 2.75) is 65.8 Å². The smallest absolute Gasteiger partial charge is 0.226 e. The first-order chi connectivity index (χ1) is 34.5. The zero-order valence-electron chi connectivity index (χ0n) is 41.6. The summed E-state index contributed by atoms with van der Waals surface area (Å²) in [6.07, 6.45) is 7.00. The number of aromatic nitrogens is 6. The molecule has 372 valence electrons. The number of hydrogen-bond donors (Lipinski definition) is 4. The fraction of sp³-hybridized carbons (Fsp3) is 0.321. The molecule has 72 heavy (non-hydrogen) atoms. The molecule has 3 fully saturated rings. The van der Waals surface area contributed by atoms with Crippen molar-refractivity contribution in [2.75, 3.05) is 49.2 Å². The van der Waals surface area contributed by atoms with Gasteiger partial charge in [0, 0.05) is 62.8 Å². The maximum atomic E-state index is 12.6.